The summed E-state index contributed by atoms with van der Waals surface area (Å²) < 4.78 is 4.56. The molecule has 0 spiro atoms. The van der Waals surface area contributed by atoms with Crippen LogP contribution >= 0.6 is 0 Å². The van der Waals surface area contributed by atoms with Crippen LogP contribution in [-0.2, 0) is 14.3 Å². The van der Waals surface area contributed by atoms with Gasteiger partial charge >= 0.3 is 5.97 Å². The lowest BCUT2D eigenvalue weighted by atomic mass is 10.1. The molecule has 2 atom stereocenters. The standard InChI is InChI=1S/C14H22O3/c1-17-14(16)8-6-4-2-3-5-7-12-11-13(12)9-10-15/h2-3,10,12-13H,4-9,11H2,1H3/b3-2+. The summed E-state index contributed by atoms with van der Waals surface area (Å²) >= 11 is 0. The minimum atomic E-state index is -0.131. The first-order chi connectivity index (χ1) is 8.27. The highest BCUT2D eigenvalue weighted by atomic mass is 16.5. The van der Waals surface area contributed by atoms with Crippen LogP contribution in [0.4, 0.5) is 0 Å². The molecule has 1 aliphatic rings. The van der Waals surface area contributed by atoms with E-state index in [1.807, 2.05) is 0 Å². The average molecular weight is 238 g/mol. The molecule has 0 aliphatic heterocycles. The van der Waals surface area contributed by atoms with Gasteiger partial charge in [-0.05, 0) is 43.9 Å². The van der Waals surface area contributed by atoms with Crippen molar-refractivity contribution < 1.29 is 14.3 Å². The van der Waals surface area contributed by atoms with Gasteiger partial charge in [0.15, 0.2) is 0 Å². The zero-order chi connectivity index (χ0) is 12.5. The zero-order valence-electron chi connectivity index (χ0n) is 10.6. The van der Waals surface area contributed by atoms with Crippen LogP contribution in [0.15, 0.2) is 12.2 Å². The van der Waals surface area contributed by atoms with Crippen molar-refractivity contribution in [2.24, 2.45) is 11.8 Å². The quantitative estimate of drug-likeness (QED) is 0.268. The van der Waals surface area contributed by atoms with Crippen LogP contribution in [0, 0.1) is 11.8 Å². The number of esters is 1. The van der Waals surface area contributed by atoms with Crippen molar-refractivity contribution in [2.75, 3.05) is 7.11 Å². The van der Waals surface area contributed by atoms with Gasteiger partial charge in [-0.15, -0.1) is 0 Å². The minimum Gasteiger partial charge on any atom is -0.469 e. The van der Waals surface area contributed by atoms with E-state index in [0.29, 0.717) is 12.3 Å². The Morgan fingerprint density at radius 3 is 2.76 bits per heavy atom. The van der Waals surface area contributed by atoms with Gasteiger partial charge in [0.05, 0.1) is 7.11 Å². The Bertz CT molecular complexity index is 271. The summed E-state index contributed by atoms with van der Waals surface area (Å²) in [6.45, 7) is 0. The molecule has 0 aromatic heterocycles. The molecular weight excluding hydrogens is 216 g/mol. The first kappa shape index (κ1) is 13.9. The van der Waals surface area contributed by atoms with E-state index in [-0.39, 0.29) is 5.97 Å². The van der Waals surface area contributed by atoms with E-state index in [4.69, 9.17) is 0 Å². The predicted molar refractivity (Wildman–Crippen MR) is 66.5 cm³/mol. The number of rotatable bonds is 9. The summed E-state index contributed by atoms with van der Waals surface area (Å²) in [6, 6.07) is 0. The van der Waals surface area contributed by atoms with Crippen LogP contribution in [0.2, 0.25) is 0 Å². The molecule has 17 heavy (non-hydrogen) atoms. The highest BCUT2D eigenvalue weighted by molar-refractivity contribution is 5.69. The van der Waals surface area contributed by atoms with Crippen LogP contribution in [0.5, 0.6) is 0 Å². The fourth-order valence-electron chi connectivity index (χ4n) is 2.09. The van der Waals surface area contributed by atoms with Crippen LogP contribution in [0.1, 0.15) is 44.9 Å². The third-order valence-corrected chi connectivity index (χ3v) is 3.32. The molecule has 0 heterocycles. The van der Waals surface area contributed by atoms with Crippen molar-refractivity contribution in [3.05, 3.63) is 12.2 Å². The molecule has 1 fully saturated rings. The van der Waals surface area contributed by atoms with E-state index in [1.54, 1.807) is 0 Å². The lowest BCUT2D eigenvalue weighted by Gasteiger charge is -1.96. The molecule has 3 nitrogen and oxygen atoms in total. The van der Waals surface area contributed by atoms with Crippen molar-refractivity contribution >= 4 is 12.3 Å². The number of hydrogen-bond donors (Lipinski definition) is 0. The van der Waals surface area contributed by atoms with Gasteiger partial charge in [0, 0.05) is 12.8 Å². The molecular formula is C14H22O3. The summed E-state index contributed by atoms with van der Waals surface area (Å²) in [6.07, 6.45) is 11.9. The van der Waals surface area contributed by atoms with Gasteiger partial charge < -0.3 is 9.53 Å². The van der Waals surface area contributed by atoms with Gasteiger partial charge in [0.1, 0.15) is 6.29 Å². The van der Waals surface area contributed by atoms with E-state index in [2.05, 4.69) is 16.9 Å². The first-order valence-corrected chi connectivity index (χ1v) is 6.43. The summed E-state index contributed by atoms with van der Waals surface area (Å²) in [4.78, 5) is 21.1. The molecule has 0 aromatic carbocycles. The summed E-state index contributed by atoms with van der Waals surface area (Å²) in [7, 11) is 1.42. The van der Waals surface area contributed by atoms with Crippen LogP contribution in [0.25, 0.3) is 0 Å². The molecule has 2 unspecified atom stereocenters. The van der Waals surface area contributed by atoms with E-state index in [9.17, 15) is 9.59 Å². The number of unbranched alkanes of at least 4 members (excludes halogenated alkanes) is 1. The number of hydrogen-bond acceptors (Lipinski definition) is 3. The van der Waals surface area contributed by atoms with Gasteiger partial charge in [-0.25, -0.2) is 0 Å². The predicted octanol–water partition coefficient (Wildman–Crippen LogP) is 2.89. The SMILES string of the molecule is COC(=O)CCC/C=C/CCC1CC1CC=O. The van der Waals surface area contributed by atoms with Crippen molar-refractivity contribution in [1.82, 2.24) is 0 Å². The highest BCUT2D eigenvalue weighted by Crippen LogP contribution is 2.43. The third-order valence-electron chi connectivity index (χ3n) is 3.32. The lowest BCUT2D eigenvalue weighted by molar-refractivity contribution is -0.140. The molecule has 0 N–H and O–H groups in total. The van der Waals surface area contributed by atoms with E-state index in [1.165, 1.54) is 20.0 Å². The zero-order valence-corrected chi connectivity index (χ0v) is 10.6. The second-order valence-corrected chi connectivity index (χ2v) is 4.68. The van der Waals surface area contributed by atoms with Crippen molar-refractivity contribution in [2.45, 2.75) is 44.9 Å². The first-order valence-electron chi connectivity index (χ1n) is 6.43. The maximum atomic E-state index is 10.8. The van der Waals surface area contributed by atoms with Crippen molar-refractivity contribution in [3.8, 4) is 0 Å². The molecule has 96 valence electrons. The Morgan fingerprint density at radius 2 is 2.06 bits per heavy atom. The number of allylic oxidation sites excluding steroid dienone is 2. The molecule has 0 amide bonds. The molecule has 0 saturated heterocycles. The Balaban J connectivity index is 1.90. The smallest absolute Gasteiger partial charge is 0.305 e. The second kappa shape index (κ2) is 8.04. The van der Waals surface area contributed by atoms with Crippen LogP contribution in [-0.4, -0.2) is 19.4 Å². The van der Waals surface area contributed by atoms with Crippen LogP contribution in [0.3, 0.4) is 0 Å². The third kappa shape index (κ3) is 6.25. The number of aldehydes is 1. The molecule has 1 aliphatic carbocycles. The largest absolute Gasteiger partial charge is 0.469 e. The van der Waals surface area contributed by atoms with Gasteiger partial charge in [0.2, 0.25) is 0 Å². The Hall–Kier alpha value is -1.12. The molecule has 0 aromatic rings. The van der Waals surface area contributed by atoms with Crippen molar-refractivity contribution in [3.63, 3.8) is 0 Å². The van der Waals surface area contributed by atoms with Gasteiger partial charge in [-0.2, -0.15) is 0 Å². The molecule has 3 heteroatoms. The summed E-state index contributed by atoms with van der Waals surface area (Å²) in [5.74, 6) is 1.31. The van der Waals surface area contributed by atoms with Crippen molar-refractivity contribution in [1.29, 1.82) is 0 Å². The lowest BCUT2D eigenvalue weighted by Crippen LogP contribution is -1.98. The number of ether oxygens (including phenoxy) is 1. The fourth-order valence-corrected chi connectivity index (χ4v) is 2.09. The van der Waals surface area contributed by atoms with Crippen LogP contribution < -0.4 is 0 Å². The Kier molecular flexibility index (Phi) is 6.60. The summed E-state index contributed by atoms with van der Waals surface area (Å²) in [5.41, 5.74) is 0. The second-order valence-electron chi connectivity index (χ2n) is 4.68. The van der Waals surface area contributed by atoms with Gasteiger partial charge in [-0.1, -0.05) is 12.2 Å². The topological polar surface area (TPSA) is 43.4 Å². The summed E-state index contributed by atoms with van der Waals surface area (Å²) in [5, 5.41) is 0. The normalized spacial score (nSPS) is 22.6. The molecule has 1 saturated carbocycles. The average Bonchev–Trinajstić information content (AvgIpc) is 3.06. The van der Waals surface area contributed by atoms with E-state index >= 15 is 0 Å². The Labute approximate surface area is 103 Å². The number of carbonyl (C=O) groups excluding carboxylic acids is 2. The maximum absolute atomic E-state index is 10.8. The number of methoxy groups -OCH3 is 1. The Morgan fingerprint density at radius 1 is 1.29 bits per heavy atom. The minimum absolute atomic E-state index is 0.131. The monoisotopic (exact) mass is 238 g/mol. The molecule has 1 rings (SSSR count). The maximum Gasteiger partial charge on any atom is 0.305 e. The fraction of sp³-hybridized carbons (Fsp3) is 0.714. The number of carbonyl (C=O) groups is 2. The van der Waals surface area contributed by atoms with Gasteiger partial charge in [-0.3, -0.25) is 4.79 Å². The molecule has 0 bridgehead atoms. The van der Waals surface area contributed by atoms with E-state index < -0.39 is 0 Å². The highest BCUT2D eigenvalue weighted by Gasteiger charge is 2.35. The van der Waals surface area contributed by atoms with Gasteiger partial charge in [0.25, 0.3) is 0 Å². The molecule has 0 radical (unpaired) electrons. The van der Waals surface area contributed by atoms with E-state index in [0.717, 1.165) is 37.9 Å².